The molecule has 1 unspecified atom stereocenters. The number of aromatic nitrogens is 1. The lowest BCUT2D eigenvalue weighted by molar-refractivity contribution is -0.137. The fourth-order valence-corrected chi connectivity index (χ4v) is 2.54. The maximum Gasteiger partial charge on any atom is 0.305 e. The number of carbonyl (C=O) groups is 2. The number of carbonyl (C=O) groups excluding carboxylic acids is 1. The Morgan fingerprint density at radius 1 is 1.52 bits per heavy atom. The van der Waals surface area contributed by atoms with Crippen LogP contribution in [0.15, 0.2) is 21.9 Å². The number of aryl methyl sites for hydroxylation is 1. The number of nitrogens with one attached hydrogen (secondary N) is 1. The number of rotatable bonds is 6. The molecular weight excluding hydrogens is 292 g/mol. The summed E-state index contributed by atoms with van der Waals surface area (Å²) >= 11 is 1.51. The summed E-state index contributed by atoms with van der Waals surface area (Å²) in [5, 5.41) is 13.2. The van der Waals surface area contributed by atoms with Crippen LogP contribution in [-0.4, -0.2) is 28.0 Å². The third-order valence-electron chi connectivity index (χ3n) is 2.84. The number of hydrogen-bond acceptors (Lipinski definition) is 5. The molecule has 112 valence electrons. The number of carboxylic acids is 1. The lowest BCUT2D eigenvalue weighted by Gasteiger charge is -2.10. The van der Waals surface area contributed by atoms with Crippen molar-refractivity contribution in [3.05, 3.63) is 29.0 Å². The molecule has 2 aromatic heterocycles. The van der Waals surface area contributed by atoms with Gasteiger partial charge in [0.05, 0.1) is 23.4 Å². The van der Waals surface area contributed by atoms with E-state index in [-0.39, 0.29) is 18.7 Å². The second-order valence-electron chi connectivity index (χ2n) is 4.74. The van der Waals surface area contributed by atoms with Crippen LogP contribution in [0.3, 0.4) is 0 Å². The van der Waals surface area contributed by atoms with Crippen LogP contribution < -0.4 is 5.32 Å². The van der Waals surface area contributed by atoms with E-state index in [1.54, 1.807) is 13.8 Å². The van der Waals surface area contributed by atoms with E-state index in [9.17, 15) is 9.59 Å². The normalized spacial score (nSPS) is 12.1. The molecule has 0 aliphatic rings. The number of oxazole rings is 1. The molecule has 0 aliphatic carbocycles. The van der Waals surface area contributed by atoms with Gasteiger partial charge in [-0.2, -0.15) is 0 Å². The lowest BCUT2D eigenvalue weighted by atomic mass is 10.2. The Kier molecular flexibility index (Phi) is 4.74. The summed E-state index contributed by atoms with van der Waals surface area (Å²) in [6.45, 7) is 3.41. The Hall–Kier alpha value is -2.15. The lowest BCUT2D eigenvalue weighted by Crippen LogP contribution is -2.35. The van der Waals surface area contributed by atoms with Gasteiger partial charge in [0, 0.05) is 6.04 Å². The molecular formula is C14H16N2O4S. The minimum atomic E-state index is -0.944. The van der Waals surface area contributed by atoms with Crippen molar-refractivity contribution in [3.8, 4) is 10.8 Å². The van der Waals surface area contributed by atoms with Crippen LogP contribution >= 0.6 is 11.3 Å². The van der Waals surface area contributed by atoms with Gasteiger partial charge >= 0.3 is 5.97 Å². The maximum atomic E-state index is 11.9. The number of amides is 1. The van der Waals surface area contributed by atoms with Gasteiger partial charge in [-0.1, -0.05) is 6.07 Å². The summed E-state index contributed by atoms with van der Waals surface area (Å²) in [5.74, 6) is -0.110. The van der Waals surface area contributed by atoms with E-state index in [0.717, 1.165) is 4.88 Å². The first-order chi connectivity index (χ1) is 9.95. The molecule has 0 aliphatic heterocycles. The smallest absolute Gasteiger partial charge is 0.305 e. The van der Waals surface area contributed by atoms with E-state index in [0.29, 0.717) is 17.3 Å². The maximum absolute atomic E-state index is 11.9. The van der Waals surface area contributed by atoms with Gasteiger partial charge in [-0.3, -0.25) is 9.59 Å². The van der Waals surface area contributed by atoms with Crippen molar-refractivity contribution in [3.63, 3.8) is 0 Å². The summed E-state index contributed by atoms with van der Waals surface area (Å²) in [4.78, 5) is 27.7. The van der Waals surface area contributed by atoms with Crippen LogP contribution in [0.4, 0.5) is 0 Å². The first-order valence-electron chi connectivity index (χ1n) is 6.47. The van der Waals surface area contributed by atoms with E-state index >= 15 is 0 Å². The number of nitrogens with zero attached hydrogens (tertiary/aromatic N) is 1. The molecule has 1 amide bonds. The topological polar surface area (TPSA) is 92.4 Å². The molecule has 21 heavy (non-hydrogen) atoms. The van der Waals surface area contributed by atoms with Crippen molar-refractivity contribution in [1.82, 2.24) is 10.3 Å². The summed E-state index contributed by atoms with van der Waals surface area (Å²) in [7, 11) is 0. The number of hydrogen-bond donors (Lipinski definition) is 2. The summed E-state index contributed by atoms with van der Waals surface area (Å²) in [6, 6.07) is 3.38. The van der Waals surface area contributed by atoms with Gasteiger partial charge in [-0.15, -0.1) is 11.3 Å². The highest BCUT2D eigenvalue weighted by molar-refractivity contribution is 7.13. The average Bonchev–Trinajstić information content (AvgIpc) is 2.98. The molecule has 0 radical (unpaired) electrons. The van der Waals surface area contributed by atoms with Gasteiger partial charge in [0.25, 0.3) is 0 Å². The molecule has 2 heterocycles. The van der Waals surface area contributed by atoms with E-state index in [4.69, 9.17) is 9.52 Å². The molecule has 0 saturated heterocycles. The van der Waals surface area contributed by atoms with Gasteiger partial charge in [0.1, 0.15) is 5.76 Å². The molecule has 1 atom stereocenters. The highest BCUT2D eigenvalue weighted by atomic mass is 32.1. The van der Waals surface area contributed by atoms with Crippen molar-refractivity contribution < 1.29 is 19.1 Å². The van der Waals surface area contributed by atoms with E-state index in [2.05, 4.69) is 10.3 Å². The summed E-state index contributed by atoms with van der Waals surface area (Å²) < 4.78 is 5.55. The largest absolute Gasteiger partial charge is 0.481 e. The van der Waals surface area contributed by atoms with Crippen LogP contribution in [-0.2, 0) is 16.0 Å². The van der Waals surface area contributed by atoms with Crippen LogP contribution in [0, 0.1) is 6.92 Å². The molecule has 0 bridgehead atoms. The molecule has 0 aromatic carbocycles. The Bertz CT molecular complexity index is 633. The van der Waals surface area contributed by atoms with E-state index < -0.39 is 12.0 Å². The van der Waals surface area contributed by atoms with E-state index in [1.165, 1.54) is 11.3 Å². The predicted molar refractivity (Wildman–Crippen MR) is 78.1 cm³/mol. The monoisotopic (exact) mass is 308 g/mol. The summed E-state index contributed by atoms with van der Waals surface area (Å²) in [6.07, 6.45) is -0.0331. The van der Waals surface area contributed by atoms with E-state index in [1.807, 2.05) is 17.5 Å². The molecule has 7 heteroatoms. The second kappa shape index (κ2) is 6.53. The molecule has 0 spiro atoms. The Morgan fingerprint density at radius 2 is 2.29 bits per heavy atom. The predicted octanol–water partition coefficient (Wildman–Crippen LogP) is 2.23. The first kappa shape index (κ1) is 15.2. The summed E-state index contributed by atoms with van der Waals surface area (Å²) in [5.41, 5.74) is 0.568. The minimum Gasteiger partial charge on any atom is -0.481 e. The van der Waals surface area contributed by atoms with Crippen molar-refractivity contribution in [2.24, 2.45) is 0 Å². The molecule has 2 N–H and O–H groups in total. The van der Waals surface area contributed by atoms with Gasteiger partial charge in [0.2, 0.25) is 11.8 Å². The van der Waals surface area contributed by atoms with Gasteiger partial charge in [-0.25, -0.2) is 4.98 Å². The zero-order valence-corrected chi connectivity index (χ0v) is 12.6. The number of aliphatic carboxylic acids is 1. The van der Waals surface area contributed by atoms with Crippen molar-refractivity contribution in [2.45, 2.75) is 32.7 Å². The van der Waals surface area contributed by atoms with Crippen molar-refractivity contribution in [2.75, 3.05) is 0 Å². The van der Waals surface area contributed by atoms with Crippen LogP contribution in [0.5, 0.6) is 0 Å². The standard InChI is InChI=1S/C14H16N2O4S/c1-8(6-13(18)19)15-12(17)7-10-9(2)20-14(16-10)11-4-3-5-21-11/h3-5,8H,6-7H2,1-2H3,(H,15,17)(H,18,19). The molecule has 0 saturated carbocycles. The number of thiophene rings is 1. The SMILES string of the molecule is Cc1oc(-c2cccs2)nc1CC(=O)NC(C)CC(=O)O. The Morgan fingerprint density at radius 3 is 2.90 bits per heavy atom. The highest BCUT2D eigenvalue weighted by Crippen LogP contribution is 2.25. The molecule has 0 fully saturated rings. The quantitative estimate of drug-likeness (QED) is 0.853. The van der Waals surface area contributed by atoms with Gasteiger partial charge in [0.15, 0.2) is 0 Å². The first-order valence-corrected chi connectivity index (χ1v) is 7.35. The van der Waals surface area contributed by atoms with Crippen molar-refractivity contribution >= 4 is 23.2 Å². The second-order valence-corrected chi connectivity index (χ2v) is 5.69. The Labute approximate surface area is 125 Å². The van der Waals surface area contributed by atoms with Gasteiger partial charge in [-0.05, 0) is 25.3 Å². The molecule has 2 aromatic rings. The number of carboxylic acid groups (broad SMARTS) is 1. The van der Waals surface area contributed by atoms with Crippen LogP contribution in [0.1, 0.15) is 24.8 Å². The van der Waals surface area contributed by atoms with Gasteiger partial charge < -0.3 is 14.8 Å². The third-order valence-corrected chi connectivity index (χ3v) is 3.70. The fraction of sp³-hybridized carbons (Fsp3) is 0.357. The minimum absolute atomic E-state index is 0.0741. The van der Waals surface area contributed by atoms with Crippen LogP contribution in [0.25, 0.3) is 10.8 Å². The molecule has 6 nitrogen and oxygen atoms in total. The zero-order chi connectivity index (χ0) is 15.4. The zero-order valence-electron chi connectivity index (χ0n) is 11.8. The fourth-order valence-electron chi connectivity index (χ4n) is 1.89. The van der Waals surface area contributed by atoms with Crippen LogP contribution in [0.2, 0.25) is 0 Å². The average molecular weight is 308 g/mol. The third kappa shape index (κ3) is 4.16. The molecule has 2 rings (SSSR count). The van der Waals surface area contributed by atoms with Crippen molar-refractivity contribution in [1.29, 1.82) is 0 Å². The Balaban J connectivity index is 2.00. The highest BCUT2D eigenvalue weighted by Gasteiger charge is 2.17.